The summed E-state index contributed by atoms with van der Waals surface area (Å²) in [5, 5.41) is 0. The average Bonchev–Trinajstić information content (AvgIpc) is 2.08. The molecule has 0 fully saturated rings. The van der Waals surface area contributed by atoms with Crippen LogP contribution in [0.2, 0.25) is 0 Å². The van der Waals surface area contributed by atoms with Gasteiger partial charge in [0.15, 0.2) is 11.6 Å². The molecule has 0 bridgehead atoms. The Morgan fingerprint density at radius 3 is 2.18 bits per heavy atom. The smallest absolute Gasteiger partial charge is 0.435 e. The van der Waals surface area contributed by atoms with Crippen molar-refractivity contribution in [1.82, 2.24) is 0 Å². The van der Waals surface area contributed by atoms with E-state index in [1.54, 1.807) is 0 Å². The van der Waals surface area contributed by atoms with Gasteiger partial charge in [-0.15, -0.1) is 13.2 Å². The molecule has 0 aliphatic rings. The summed E-state index contributed by atoms with van der Waals surface area (Å²) in [5.41, 5.74) is 4.21. The number of halogens is 6. The Hall–Kier alpha value is -1.80. The van der Waals surface area contributed by atoms with Crippen LogP contribution in [0.25, 0.3) is 0 Å². The Labute approximate surface area is 90.7 Å². The standard InChI is InChI=1S/C8H5F6NO2/c9-4-1-3(16-7(10)11)2-5(15)6(4)17-8(12,13)14/h1-2,7H,15H2. The number of anilines is 1. The fraction of sp³-hybridized carbons (Fsp3) is 0.250. The minimum atomic E-state index is -5.14. The van der Waals surface area contributed by atoms with Gasteiger partial charge in [0.1, 0.15) is 5.75 Å². The van der Waals surface area contributed by atoms with Crippen LogP contribution in [0, 0.1) is 5.82 Å². The quantitative estimate of drug-likeness (QED) is 0.672. The molecule has 96 valence electrons. The van der Waals surface area contributed by atoms with Crippen molar-refractivity contribution >= 4 is 5.69 Å². The first-order chi connectivity index (χ1) is 7.69. The van der Waals surface area contributed by atoms with Crippen LogP contribution in [0.1, 0.15) is 0 Å². The fourth-order valence-electron chi connectivity index (χ4n) is 0.983. The molecule has 0 aliphatic heterocycles. The highest BCUT2D eigenvalue weighted by molar-refractivity contribution is 5.57. The number of ether oxygens (including phenoxy) is 2. The second-order valence-corrected chi connectivity index (χ2v) is 2.75. The molecule has 0 amide bonds. The molecule has 3 nitrogen and oxygen atoms in total. The van der Waals surface area contributed by atoms with Crippen LogP contribution >= 0.6 is 0 Å². The molecule has 0 aliphatic carbocycles. The predicted octanol–water partition coefficient (Wildman–Crippen LogP) is 2.91. The van der Waals surface area contributed by atoms with Gasteiger partial charge in [0.25, 0.3) is 0 Å². The molecular formula is C8H5F6NO2. The van der Waals surface area contributed by atoms with Gasteiger partial charge in [-0.05, 0) is 0 Å². The van der Waals surface area contributed by atoms with Gasteiger partial charge in [-0.1, -0.05) is 0 Å². The normalized spacial score (nSPS) is 11.7. The number of nitrogen functional groups attached to an aromatic ring is 1. The Morgan fingerprint density at radius 1 is 1.18 bits per heavy atom. The number of benzene rings is 1. The summed E-state index contributed by atoms with van der Waals surface area (Å²) in [6.45, 7) is -3.25. The van der Waals surface area contributed by atoms with Crippen molar-refractivity contribution in [2.75, 3.05) is 5.73 Å². The number of nitrogens with two attached hydrogens (primary N) is 1. The van der Waals surface area contributed by atoms with Crippen LogP contribution in [0.4, 0.5) is 32.0 Å². The third-order valence-electron chi connectivity index (χ3n) is 1.49. The number of rotatable bonds is 3. The highest BCUT2D eigenvalue weighted by atomic mass is 19.4. The fourth-order valence-corrected chi connectivity index (χ4v) is 0.983. The van der Waals surface area contributed by atoms with Gasteiger partial charge < -0.3 is 15.2 Å². The third kappa shape index (κ3) is 3.93. The first-order valence-electron chi connectivity index (χ1n) is 3.98. The van der Waals surface area contributed by atoms with Crippen LogP contribution in [0.3, 0.4) is 0 Å². The minimum Gasteiger partial charge on any atom is -0.435 e. The zero-order valence-corrected chi connectivity index (χ0v) is 7.89. The van der Waals surface area contributed by atoms with Crippen molar-refractivity contribution in [3.8, 4) is 11.5 Å². The molecule has 0 spiro atoms. The van der Waals surface area contributed by atoms with E-state index in [0.29, 0.717) is 12.1 Å². The number of hydrogen-bond acceptors (Lipinski definition) is 3. The predicted molar refractivity (Wildman–Crippen MR) is 44.1 cm³/mol. The van der Waals surface area contributed by atoms with Crippen LogP contribution in [0.5, 0.6) is 11.5 Å². The summed E-state index contributed by atoms with van der Waals surface area (Å²) in [7, 11) is 0. The van der Waals surface area contributed by atoms with Crippen LogP contribution in [-0.4, -0.2) is 13.0 Å². The number of alkyl halides is 5. The van der Waals surface area contributed by atoms with Crippen LogP contribution < -0.4 is 15.2 Å². The Kier molecular flexibility index (Phi) is 3.59. The SMILES string of the molecule is Nc1cc(OC(F)F)cc(F)c1OC(F)(F)F. The highest BCUT2D eigenvalue weighted by Crippen LogP contribution is 2.34. The zero-order chi connectivity index (χ0) is 13.2. The molecule has 0 saturated carbocycles. The van der Waals surface area contributed by atoms with Crippen molar-refractivity contribution in [3.63, 3.8) is 0 Å². The van der Waals surface area contributed by atoms with E-state index in [2.05, 4.69) is 9.47 Å². The van der Waals surface area contributed by atoms with E-state index in [1.165, 1.54) is 0 Å². The van der Waals surface area contributed by atoms with Gasteiger partial charge in [0, 0.05) is 12.1 Å². The molecule has 0 atom stereocenters. The summed E-state index contributed by atoms with van der Waals surface area (Å²) >= 11 is 0. The first kappa shape index (κ1) is 13.3. The molecular weight excluding hydrogens is 256 g/mol. The lowest BCUT2D eigenvalue weighted by molar-refractivity contribution is -0.275. The second kappa shape index (κ2) is 4.60. The first-order valence-corrected chi connectivity index (χ1v) is 3.98. The topological polar surface area (TPSA) is 44.5 Å². The van der Waals surface area contributed by atoms with Gasteiger partial charge in [-0.3, -0.25) is 0 Å². The molecule has 0 radical (unpaired) electrons. The molecule has 0 heterocycles. The summed E-state index contributed by atoms with van der Waals surface area (Å²) < 4.78 is 79.1. The van der Waals surface area contributed by atoms with Crippen molar-refractivity contribution < 1.29 is 35.8 Å². The van der Waals surface area contributed by atoms with Crippen LogP contribution in [-0.2, 0) is 0 Å². The minimum absolute atomic E-state index is 0.309. The molecule has 9 heteroatoms. The largest absolute Gasteiger partial charge is 0.573 e. The lowest BCUT2D eigenvalue weighted by Gasteiger charge is -2.13. The highest BCUT2D eigenvalue weighted by Gasteiger charge is 2.33. The lowest BCUT2D eigenvalue weighted by atomic mass is 10.2. The van der Waals surface area contributed by atoms with E-state index < -0.39 is 36.0 Å². The van der Waals surface area contributed by atoms with E-state index >= 15 is 0 Å². The van der Waals surface area contributed by atoms with Gasteiger partial charge in [0.05, 0.1) is 5.69 Å². The van der Waals surface area contributed by atoms with E-state index in [1.807, 2.05) is 0 Å². The second-order valence-electron chi connectivity index (χ2n) is 2.75. The van der Waals surface area contributed by atoms with E-state index in [9.17, 15) is 26.3 Å². The maximum atomic E-state index is 13.1. The molecule has 0 aromatic heterocycles. The van der Waals surface area contributed by atoms with Crippen molar-refractivity contribution in [1.29, 1.82) is 0 Å². The average molecular weight is 261 g/mol. The molecule has 1 aromatic carbocycles. The molecule has 17 heavy (non-hydrogen) atoms. The Bertz CT molecular complexity index is 382. The summed E-state index contributed by atoms with van der Waals surface area (Å²) in [5.74, 6) is -3.55. The Balaban J connectivity index is 3.02. The Morgan fingerprint density at radius 2 is 1.76 bits per heavy atom. The van der Waals surface area contributed by atoms with Crippen molar-refractivity contribution in [2.45, 2.75) is 13.0 Å². The van der Waals surface area contributed by atoms with Gasteiger partial charge in [-0.25, -0.2) is 4.39 Å². The zero-order valence-electron chi connectivity index (χ0n) is 7.89. The van der Waals surface area contributed by atoms with E-state index in [-0.39, 0.29) is 0 Å². The summed E-state index contributed by atoms with van der Waals surface area (Å²) in [6, 6.07) is 0.903. The molecule has 1 aromatic rings. The summed E-state index contributed by atoms with van der Waals surface area (Å²) in [6.07, 6.45) is -5.14. The maximum absolute atomic E-state index is 13.1. The number of hydrogen-bond donors (Lipinski definition) is 1. The summed E-state index contributed by atoms with van der Waals surface area (Å²) in [4.78, 5) is 0. The molecule has 1 rings (SSSR count). The maximum Gasteiger partial charge on any atom is 0.573 e. The molecule has 2 N–H and O–H groups in total. The van der Waals surface area contributed by atoms with E-state index in [0.717, 1.165) is 0 Å². The van der Waals surface area contributed by atoms with Crippen LogP contribution in [0.15, 0.2) is 12.1 Å². The van der Waals surface area contributed by atoms with Gasteiger partial charge in [-0.2, -0.15) is 8.78 Å². The lowest BCUT2D eigenvalue weighted by Crippen LogP contribution is -2.19. The van der Waals surface area contributed by atoms with E-state index in [4.69, 9.17) is 5.73 Å². The monoisotopic (exact) mass is 261 g/mol. The molecule has 0 saturated heterocycles. The van der Waals surface area contributed by atoms with Crippen molar-refractivity contribution in [2.24, 2.45) is 0 Å². The molecule has 0 unspecified atom stereocenters. The third-order valence-corrected chi connectivity index (χ3v) is 1.49. The van der Waals surface area contributed by atoms with Gasteiger partial charge >= 0.3 is 13.0 Å². The van der Waals surface area contributed by atoms with Crippen molar-refractivity contribution in [3.05, 3.63) is 17.9 Å². The van der Waals surface area contributed by atoms with Gasteiger partial charge in [0.2, 0.25) is 0 Å².